The molecule has 0 aliphatic carbocycles. The summed E-state index contributed by atoms with van der Waals surface area (Å²) in [5, 5.41) is 0. The summed E-state index contributed by atoms with van der Waals surface area (Å²) >= 11 is 0. The second kappa shape index (κ2) is 6.86. The number of likely N-dealkylation sites (N-methyl/N-ethyl adjacent to an activating group) is 1. The molecule has 1 aliphatic rings. The summed E-state index contributed by atoms with van der Waals surface area (Å²) in [6, 6.07) is 0. The molecule has 1 saturated heterocycles. The zero-order valence-electron chi connectivity index (χ0n) is 10.6. The molecule has 16 heavy (non-hydrogen) atoms. The fraction of sp³-hybridized carbons (Fsp3) is 0.917. The van der Waals surface area contributed by atoms with Gasteiger partial charge < -0.3 is 15.5 Å². The summed E-state index contributed by atoms with van der Waals surface area (Å²) in [5.41, 5.74) is 5.52. The Morgan fingerprint density at radius 3 is 2.62 bits per heavy atom. The summed E-state index contributed by atoms with van der Waals surface area (Å²) in [4.78, 5) is 16.0. The number of hydrogen-bond acceptors (Lipinski definition) is 3. The van der Waals surface area contributed by atoms with E-state index in [1.54, 1.807) is 0 Å². The van der Waals surface area contributed by atoms with Crippen LogP contribution in [0.5, 0.6) is 0 Å². The molecule has 1 fully saturated rings. The van der Waals surface area contributed by atoms with Crippen molar-refractivity contribution in [3.8, 4) is 0 Å². The van der Waals surface area contributed by atoms with Crippen LogP contribution in [0.2, 0.25) is 0 Å². The lowest BCUT2D eigenvalue weighted by molar-refractivity contribution is -0.130. The van der Waals surface area contributed by atoms with Crippen LogP contribution in [-0.4, -0.2) is 55.5 Å². The lowest BCUT2D eigenvalue weighted by atomic mass is 10.1. The van der Waals surface area contributed by atoms with Gasteiger partial charge in [0.25, 0.3) is 0 Å². The lowest BCUT2D eigenvalue weighted by Crippen LogP contribution is -2.36. The molecule has 1 rings (SSSR count). The molecule has 0 bridgehead atoms. The minimum Gasteiger partial charge on any atom is -0.344 e. The van der Waals surface area contributed by atoms with Crippen LogP contribution in [0.25, 0.3) is 0 Å². The zero-order valence-corrected chi connectivity index (χ0v) is 10.6. The van der Waals surface area contributed by atoms with Gasteiger partial charge in [0, 0.05) is 26.6 Å². The van der Waals surface area contributed by atoms with Crippen LogP contribution in [0.15, 0.2) is 0 Å². The lowest BCUT2D eigenvalue weighted by Gasteiger charge is -2.22. The molecule has 1 aliphatic heterocycles. The highest BCUT2D eigenvalue weighted by Gasteiger charge is 2.15. The van der Waals surface area contributed by atoms with Crippen LogP contribution in [0.4, 0.5) is 0 Å². The molecular weight excluding hydrogens is 202 g/mol. The van der Waals surface area contributed by atoms with Gasteiger partial charge in [0.2, 0.25) is 5.91 Å². The molecule has 4 nitrogen and oxygen atoms in total. The Kier molecular flexibility index (Phi) is 5.77. The van der Waals surface area contributed by atoms with Crippen molar-refractivity contribution in [3.63, 3.8) is 0 Å². The van der Waals surface area contributed by atoms with Crippen LogP contribution in [0.3, 0.4) is 0 Å². The van der Waals surface area contributed by atoms with E-state index in [1.165, 1.54) is 25.9 Å². The van der Waals surface area contributed by atoms with E-state index in [-0.39, 0.29) is 5.91 Å². The van der Waals surface area contributed by atoms with Gasteiger partial charge in [-0.15, -0.1) is 0 Å². The number of carbonyl (C=O) groups excluding carboxylic acids is 1. The summed E-state index contributed by atoms with van der Waals surface area (Å²) in [6.45, 7) is 6.86. The molecule has 0 aromatic carbocycles. The number of rotatable bonds is 6. The predicted molar refractivity (Wildman–Crippen MR) is 66.1 cm³/mol. The minimum absolute atomic E-state index is 0.220. The fourth-order valence-electron chi connectivity index (χ4n) is 1.96. The van der Waals surface area contributed by atoms with Gasteiger partial charge in [0.1, 0.15) is 0 Å². The minimum atomic E-state index is 0.220. The number of carbonyl (C=O) groups is 1. The number of hydrogen-bond donors (Lipinski definition) is 1. The van der Waals surface area contributed by atoms with E-state index >= 15 is 0 Å². The van der Waals surface area contributed by atoms with E-state index in [0.717, 1.165) is 13.1 Å². The van der Waals surface area contributed by atoms with Gasteiger partial charge in [-0.1, -0.05) is 6.92 Å². The van der Waals surface area contributed by atoms with E-state index in [9.17, 15) is 4.79 Å². The summed E-state index contributed by atoms with van der Waals surface area (Å²) < 4.78 is 0. The molecule has 1 atom stereocenters. The van der Waals surface area contributed by atoms with Crippen molar-refractivity contribution in [1.82, 2.24) is 9.80 Å². The van der Waals surface area contributed by atoms with Crippen molar-refractivity contribution >= 4 is 5.91 Å². The summed E-state index contributed by atoms with van der Waals surface area (Å²) in [6.07, 6.45) is 3.19. The predicted octanol–water partition coefficient (Wildman–Crippen LogP) is 0.526. The Morgan fingerprint density at radius 2 is 2.06 bits per heavy atom. The van der Waals surface area contributed by atoms with Crippen molar-refractivity contribution in [2.75, 3.05) is 39.8 Å². The first kappa shape index (κ1) is 13.5. The van der Waals surface area contributed by atoms with Crippen LogP contribution in [0, 0.1) is 5.92 Å². The molecule has 0 spiro atoms. The zero-order chi connectivity index (χ0) is 12.0. The highest BCUT2D eigenvalue weighted by Crippen LogP contribution is 2.07. The molecule has 4 heteroatoms. The third kappa shape index (κ3) is 4.49. The largest absolute Gasteiger partial charge is 0.344 e. The first-order chi connectivity index (χ1) is 7.63. The average molecular weight is 227 g/mol. The first-order valence-corrected chi connectivity index (χ1v) is 6.30. The number of nitrogens with zero attached hydrogens (tertiary/aromatic N) is 2. The Bertz CT molecular complexity index is 214. The van der Waals surface area contributed by atoms with Crippen molar-refractivity contribution in [3.05, 3.63) is 0 Å². The Balaban J connectivity index is 2.17. The Hall–Kier alpha value is -0.610. The van der Waals surface area contributed by atoms with Crippen LogP contribution < -0.4 is 5.73 Å². The third-order valence-corrected chi connectivity index (χ3v) is 3.30. The highest BCUT2D eigenvalue weighted by molar-refractivity contribution is 5.76. The number of nitrogens with two attached hydrogens (primary N) is 1. The Morgan fingerprint density at radius 1 is 1.44 bits per heavy atom. The van der Waals surface area contributed by atoms with Gasteiger partial charge in [-0.25, -0.2) is 0 Å². The number of amides is 1. The maximum atomic E-state index is 11.8. The smallest absolute Gasteiger partial charge is 0.222 e. The number of likely N-dealkylation sites (tertiary alicyclic amines) is 1. The summed E-state index contributed by atoms with van der Waals surface area (Å²) in [5.74, 6) is 0.513. The fourth-order valence-corrected chi connectivity index (χ4v) is 1.96. The van der Waals surface area contributed by atoms with Crippen LogP contribution in [-0.2, 0) is 4.79 Å². The molecule has 1 amide bonds. The maximum Gasteiger partial charge on any atom is 0.222 e. The molecule has 0 aromatic rings. The second-order valence-electron chi connectivity index (χ2n) is 4.91. The second-order valence-corrected chi connectivity index (χ2v) is 4.91. The monoisotopic (exact) mass is 227 g/mol. The molecule has 0 radical (unpaired) electrons. The SMILES string of the molecule is CC(CN)CC(=O)N(C)CCN1CCCC1. The van der Waals surface area contributed by atoms with Crippen LogP contribution >= 0.6 is 0 Å². The Labute approximate surface area is 98.8 Å². The molecule has 94 valence electrons. The standard InChI is InChI=1S/C12H25N3O/c1-11(10-13)9-12(16)14(2)7-8-15-5-3-4-6-15/h11H,3-10,13H2,1-2H3. The van der Waals surface area contributed by atoms with E-state index < -0.39 is 0 Å². The molecular formula is C12H25N3O. The van der Waals surface area contributed by atoms with E-state index in [1.807, 2.05) is 18.9 Å². The summed E-state index contributed by atoms with van der Waals surface area (Å²) in [7, 11) is 1.89. The van der Waals surface area contributed by atoms with E-state index in [4.69, 9.17) is 5.73 Å². The molecule has 2 N–H and O–H groups in total. The molecule has 1 heterocycles. The topological polar surface area (TPSA) is 49.6 Å². The van der Waals surface area contributed by atoms with E-state index in [0.29, 0.717) is 18.9 Å². The van der Waals surface area contributed by atoms with Gasteiger partial charge in [-0.3, -0.25) is 4.79 Å². The quantitative estimate of drug-likeness (QED) is 0.720. The molecule has 0 saturated carbocycles. The van der Waals surface area contributed by atoms with Crippen LogP contribution in [0.1, 0.15) is 26.2 Å². The third-order valence-electron chi connectivity index (χ3n) is 3.30. The normalized spacial score (nSPS) is 18.7. The van der Waals surface area contributed by atoms with Crippen molar-refractivity contribution < 1.29 is 4.79 Å². The molecule has 0 aromatic heterocycles. The van der Waals surface area contributed by atoms with Gasteiger partial charge in [-0.2, -0.15) is 0 Å². The van der Waals surface area contributed by atoms with Crippen molar-refractivity contribution in [2.45, 2.75) is 26.2 Å². The van der Waals surface area contributed by atoms with E-state index in [2.05, 4.69) is 4.90 Å². The van der Waals surface area contributed by atoms with Gasteiger partial charge >= 0.3 is 0 Å². The average Bonchev–Trinajstić information content (AvgIpc) is 2.78. The van der Waals surface area contributed by atoms with Crippen molar-refractivity contribution in [1.29, 1.82) is 0 Å². The van der Waals surface area contributed by atoms with Gasteiger partial charge in [-0.05, 0) is 38.4 Å². The van der Waals surface area contributed by atoms with Crippen molar-refractivity contribution in [2.24, 2.45) is 11.7 Å². The molecule has 1 unspecified atom stereocenters. The van der Waals surface area contributed by atoms with Gasteiger partial charge in [0.05, 0.1) is 0 Å². The first-order valence-electron chi connectivity index (χ1n) is 6.30. The maximum absolute atomic E-state index is 11.8. The van der Waals surface area contributed by atoms with Gasteiger partial charge in [0.15, 0.2) is 0 Å². The highest BCUT2D eigenvalue weighted by atomic mass is 16.2.